The molecule has 3 N–H and O–H groups in total. The molecule has 1 aliphatic rings. The Kier molecular flexibility index (Phi) is 4.49. The summed E-state index contributed by atoms with van der Waals surface area (Å²) in [5.74, 6) is 5.85. The highest BCUT2D eigenvalue weighted by Crippen LogP contribution is 2.36. The average Bonchev–Trinajstić information content (AvgIpc) is 3.49. The normalized spacial score (nSPS) is 14.5. The lowest BCUT2D eigenvalue weighted by Crippen LogP contribution is -2.25. The third kappa shape index (κ3) is 3.33. The van der Waals surface area contributed by atoms with E-state index in [1.54, 1.807) is 11.6 Å². The Bertz CT molecular complexity index is 1450. The predicted molar refractivity (Wildman–Crippen MR) is 119 cm³/mol. The van der Waals surface area contributed by atoms with Crippen molar-refractivity contribution in [2.45, 2.75) is 45.4 Å². The number of nitrogens with zero attached hydrogens (tertiary/aromatic N) is 5. The number of hydrogen-bond donors (Lipinski definition) is 2. The summed E-state index contributed by atoms with van der Waals surface area (Å²) in [6.07, 6.45) is 2.57. The number of fused-ring (bicyclic) bond motifs is 2. The van der Waals surface area contributed by atoms with Gasteiger partial charge >= 0.3 is 0 Å². The minimum atomic E-state index is -0.796. The SMILES string of the molecule is Cc1cccc2cc(Cn3nc(C#C[C@@H](C)O)c4c(N)ncnc43)n(C3CC3)c(=O)c12. The van der Waals surface area contributed by atoms with Crippen molar-refractivity contribution >= 4 is 27.6 Å². The highest BCUT2D eigenvalue weighted by Gasteiger charge is 2.28. The summed E-state index contributed by atoms with van der Waals surface area (Å²) in [6, 6.07) is 8.16. The van der Waals surface area contributed by atoms with E-state index in [0.29, 0.717) is 23.3 Å². The third-order valence-electron chi connectivity index (χ3n) is 5.55. The van der Waals surface area contributed by atoms with Crippen LogP contribution in [0.4, 0.5) is 5.82 Å². The maximum Gasteiger partial charge on any atom is 0.259 e. The first-order chi connectivity index (χ1) is 14.9. The van der Waals surface area contributed by atoms with E-state index in [1.807, 2.05) is 29.7 Å². The van der Waals surface area contributed by atoms with Gasteiger partial charge in [0.15, 0.2) is 5.65 Å². The van der Waals surface area contributed by atoms with Crippen LogP contribution in [0.1, 0.15) is 42.8 Å². The van der Waals surface area contributed by atoms with Crippen molar-refractivity contribution in [3.63, 3.8) is 0 Å². The van der Waals surface area contributed by atoms with E-state index >= 15 is 0 Å². The van der Waals surface area contributed by atoms with Crippen molar-refractivity contribution in [1.82, 2.24) is 24.3 Å². The van der Waals surface area contributed by atoms with Crippen LogP contribution >= 0.6 is 0 Å². The maximum atomic E-state index is 13.4. The molecule has 3 heterocycles. The van der Waals surface area contributed by atoms with Crippen LogP contribution in [0, 0.1) is 18.8 Å². The molecule has 0 saturated heterocycles. The topological polar surface area (TPSA) is 112 Å². The smallest absolute Gasteiger partial charge is 0.259 e. The van der Waals surface area contributed by atoms with Crippen LogP contribution in [0.5, 0.6) is 0 Å². The Labute approximate surface area is 178 Å². The van der Waals surface area contributed by atoms with Crippen LogP contribution in [0.15, 0.2) is 35.4 Å². The molecule has 8 nitrogen and oxygen atoms in total. The molecule has 1 aromatic carbocycles. The van der Waals surface area contributed by atoms with E-state index in [0.717, 1.165) is 34.9 Å². The van der Waals surface area contributed by atoms with Gasteiger partial charge in [-0.1, -0.05) is 24.1 Å². The molecule has 0 spiro atoms. The maximum absolute atomic E-state index is 13.4. The number of aliphatic hydroxyl groups excluding tert-OH is 1. The van der Waals surface area contributed by atoms with E-state index in [2.05, 4.69) is 33.0 Å². The summed E-state index contributed by atoms with van der Waals surface area (Å²) >= 11 is 0. The molecule has 4 aromatic rings. The fourth-order valence-electron chi connectivity index (χ4n) is 4.01. The Balaban J connectivity index is 1.71. The summed E-state index contributed by atoms with van der Waals surface area (Å²) in [5, 5.41) is 16.4. The van der Waals surface area contributed by atoms with E-state index in [-0.39, 0.29) is 17.4 Å². The van der Waals surface area contributed by atoms with Gasteiger partial charge in [0.05, 0.1) is 17.3 Å². The molecule has 5 rings (SSSR count). The highest BCUT2D eigenvalue weighted by atomic mass is 16.3. The van der Waals surface area contributed by atoms with Crippen LogP contribution in [-0.2, 0) is 6.54 Å². The fraction of sp³-hybridized carbons (Fsp3) is 0.304. The number of anilines is 1. The molecule has 1 aliphatic carbocycles. The van der Waals surface area contributed by atoms with Gasteiger partial charge in [-0.05, 0) is 49.6 Å². The first-order valence-electron chi connectivity index (χ1n) is 10.2. The summed E-state index contributed by atoms with van der Waals surface area (Å²) < 4.78 is 3.60. The summed E-state index contributed by atoms with van der Waals surface area (Å²) in [7, 11) is 0. The second-order valence-corrected chi connectivity index (χ2v) is 7.99. The number of nitrogen functional groups attached to an aromatic ring is 1. The first kappa shape index (κ1) is 19.3. The zero-order valence-electron chi connectivity index (χ0n) is 17.3. The van der Waals surface area contributed by atoms with Gasteiger partial charge in [0.2, 0.25) is 0 Å². The molecule has 1 saturated carbocycles. The fourth-order valence-corrected chi connectivity index (χ4v) is 4.01. The van der Waals surface area contributed by atoms with E-state index in [4.69, 9.17) is 5.73 Å². The largest absolute Gasteiger partial charge is 0.383 e. The van der Waals surface area contributed by atoms with Gasteiger partial charge in [0.25, 0.3) is 5.56 Å². The number of pyridine rings is 1. The lowest BCUT2D eigenvalue weighted by molar-refractivity contribution is 0.253. The molecule has 1 fully saturated rings. The minimum absolute atomic E-state index is 0.0350. The summed E-state index contributed by atoms with van der Waals surface area (Å²) in [6.45, 7) is 3.89. The summed E-state index contributed by atoms with van der Waals surface area (Å²) in [5.41, 5.74) is 8.91. The molecule has 0 unspecified atom stereocenters. The molecule has 0 amide bonds. The van der Waals surface area contributed by atoms with Crippen molar-refractivity contribution in [2.75, 3.05) is 5.73 Å². The van der Waals surface area contributed by atoms with E-state index < -0.39 is 6.10 Å². The van der Waals surface area contributed by atoms with Crippen molar-refractivity contribution in [1.29, 1.82) is 0 Å². The number of aromatic nitrogens is 5. The van der Waals surface area contributed by atoms with Crippen LogP contribution in [0.2, 0.25) is 0 Å². The average molecular weight is 414 g/mol. The van der Waals surface area contributed by atoms with Gasteiger partial charge in [-0.15, -0.1) is 0 Å². The van der Waals surface area contributed by atoms with Crippen molar-refractivity contribution in [3.8, 4) is 11.8 Å². The van der Waals surface area contributed by atoms with Gasteiger partial charge in [-0.3, -0.25) is 4.79 Å². The second-order valence-electron chi connectivity index (χ2n) is 7.99. The molecule has 1 atom stereocenters. The van der Waals surface area contributed by atoms with Crippen molar-refractivity contribution < 1.29 is 5.11 Å². The Hall–Kier alpha value is -3.70. The number of nitrogens with two attached hydrogens (primary N) is 1. The molecule has 31 heavy (non-hydrogen) atoms. The lowest BCUT2D eigenvalue weighted by Gasteiger charge is -2.15. The Morgan fingerprint density at radius 1 is 1.29 bits per heavy atom. The molecule has 0 aliphatic heterocycles. The standard InChI is InChI=1S/C23H22N6O2/c1-13-4-3-5-15-10-17(29(16-7-8-16)23(31)19(13)15)11-28-22-20(21(24)25-12-26-22)18(27-28)9-6-14(2)30/h3-5,10,12,14,16,30H,7-8,11H2,1-2H3,(H2,24,25,26)/t14-/m1/s1. The van der Waals surface area contributed by atoms with Crippen LogP contribution in [-0.4, -0.2) is 35.5 Å². The van der Waals surface area contributed by atoms with Gasteiger partial charge in [0, 0.05) is 11.7 Å². The number of aliphatic hydroxyl groups is 1. The number of benzene rings is 1. The zero-order valence-corrected chi connectivity index (χ0v) is 17.3. The highest BCUT2D eigenvalue weighted by molar-refractivity contribution is 5.90. The predicted octanol–water partition coefficient (Wildman–Crippen LogP) is 2.15. The number of rotatable bonds is 3. The molecule has 3 aromatic heterocycles. The molecule has 8 heteroatoms. The molecular weight excluding hydrogens is 392 g/mol. The van der Waals surface area contributed by atoms with Gasteiger partial charge < -0.3 is 15.4 Å². The Morgan fingerprint density at radius 2 is 2.10 bits per heavy atom. The quantitative estimate of drug-likeness (QED) is 0.497. The van der Waals surface area contributed by atoms with Gasteiger partial charge in [0.1, 0.15) is 23.9 Å². The molecular formula is C23H22N6O2. The minimum Gasteiger partial charge on any atom is -0.383 e. The summed E-state index contributed by atoms with van der Waals surface area (Å²) in [4.78, 5) is 21.8. The van der Waals surface area contributed by atoms with Crippen molar-refractivity contribution in [2.24, 2.45) is 0 Å². The molecule has 0 radical (unpaired) electrons. The lowest BCUT2D eigenvalue weighted by atomic mass is 10.1. The van der Waals surface area contributed by atoms with Crippen LogP contribution in [0.25, 0.3) is 21.8 Å². The van der Waals surface area contributed by atoms with Crippen LogP contribution in [0.3, 0.4) is 0 Å². The second kappa shape index (κ2) is 7.22. The monoisotopic (exact) mass is 414 g/mol. The molecule has 0 bridgehead atoms. The van der Waals surface area contributed by atoms with Crippen molar-refractivity contribution in [3.05, 3.63) is 57.9 Å². The van der Waals surface area contributed by atoms with E-state index in [9.17, 15) is 9.90 Å². The van der Waals surface area contributed by atoms with Gasteiger partial charge in [-0.2, -0.15) is 5.10 Å². The molecule has 156 valence electrons. The number of aryl methyl sites for hydroxylation is 1. The number of hydrogen-bond acceptors (Lipinski definition) is 6. The first-order valence-corrected chi connectivity index (χ1v) is 10.2. The third-order valence-corrected chi connectivity index (χ3v) is 5.55. The van der Waals surface area contributed by atoms with Gasteiger partial charge in [-0.25, -0.2) is 14.6 Å². The Morgan fingerprint density at radius 3 is 2.84 bits per heavy atom. The van der Waals surface area contributed by atoms with E-state index in [1.165, 1.54) is 6.33 Å². The van der Waals surface area contributed by atoms with Crippen LogP contribution < -0.4 is 11.3 Å². The zero-order chi connectivity index (χ0) is 21.7.